The van der Waals surface area contributed by atoms with E-state index in [1.165, 1.54) is 0 Å². The predicted octanol–water partition coefficient (Wildman–Crippen LogP) is 0.139. The molecule has 0 fully saturated rings. The molecule has 0 aliphatic carbocycles. The van der Waals surface area contributed by atoms with Gasteiger partial charge >= 0.3 is 0 Å². The first-order chi connectivity index (χ1) is 6.18. The summed E-state index contributed by atoms with van der Waals surface area (Å²) in [6.07, 6.45) is 0.0782. The SMILES string of the molecule is O=C(Cc1ccccc1)NS(=O)[O-]. The fourth-order valence-corrected chi connectivity index (χ4v) is 1.17. The van der Waals surface area contributed by atoms with Gasteiger partial charge in [0.1, 0.15) is 0 Å². The summed E-state index contributed by atoms with van der Waals surface area (Å²) in [4.78, 5) is 10.9. The molecule has 13 heavy (non-hydrogen) atoms. The third-order valence-electron chi connectivity index (χ3n) is 1.40. The molecule has 4 nitrogen and oxygen atoms in total. The van der Waals surface area contributed by atoms with Crippen LogP contribution in [-0.4, -0.2) is 14.7 Å². The molecule has 0 radical (unpaired) electrons. The fourth-order valence-electron chi connectivity index (χ4n) is 0.910. The quantitative estimate of drug-likeness (QED) is 0.702. The smallest absolute Gasteiger partial charge is 0.235 e. The minimum Gasteiger partial charge on any atom is -0.755 e. The molecule has 0 heterocycles. The van der Waals surface area contributed by atoms with Gasteiger partial charge in [0.15, 0.2) is 0 Å². The van der Waals surface area contributed by atoms with E-state index in [4.69, 9.17) is 0 Å². The zero-order valence-electron chi connectivity index (χ0n) is 6.73. The number of hydrogen-bond donors (Lipinski definition) is 1. The van der Waals surface area contributed by atoms with Gasteiger partial charge in [0.05, 0.1) is 6.42 Å². The lowest BCUT2D eigenvalue weighted by molar-refractivity contribution is -0.118. The van der Waals surface area contributed by atoms with Gasteiger partial charge in [-0.05, 0) is 5.56 Å². The van der Waals surface area contributed by atoms with E-state index < -0.39 is 17.2 Å². The predicted molar refractivity (Wildman–Crippen MR) is 47.2 cm³/mol. The van der Waals surface area contributed by atoms with Gasteiger partial charge in [0.2, 0.25) is 5.91 Å². The lowest BCUT2D eigenvalue weighted by Gasteiger charge is -2.06. The Morgan fingerprint density at radius 3 is 2.54 bits per heavy atom. The molecular weight excluding hydrogens is 190 g/mol. The number of carbonyl (C=O) groups is 1. The monoisotopic (exact) mass is 198 g/mol. The van der Waals surface area contributed by atoms with Crippen LogP contribution in [0.4, 0.5) is 0 Å². The average Bonchev–Trinajstić information content (AvgIpc) is 2.04. The van der Waals surface area contributed by atoms with Crippen LogP contribution in [0.1, 0.15) is 5.56 Å². The third kappa shape index (κ3) is 3.82. The molecule has 0 aliphatic rings. The van der Waals surface area contributed by atoms with Crippen LogP contribution in [0.2, 0.25) is 0 Å². The van der Waals surface area contributed by atoms with Crippen molar-refractivity contribution < 1.29 is 13.6 Å². The second-order valence-electron chi connectivity index (χ2n) is 2.42. The van der Waals surface area contributed by atoms with Crippen LogP contribution >= 0.6 is 0 Å². The standard InChI is InChI=1S/C8H9NO3S/c10-8(9-13(11)12)6-7-4-2-1-3-5-7/h1-5H,6H2,(H,9,10)(H,11,12)/p-1. The van der Waals surface area contributed by atoms with Crippen LogP contribution in [0.25, 0.3) is 0 Å². The van der Waals surface area contributed by atoms with Crippen molar-refractivity contribution in [1.82, 2.24) is 4.72 Å². The molecule has 0 saturated heterocycles. The fraction of sp³-hybridized carbons (Fsp3) is 0.125. The molecular formula is C8H8NO3S-. The first kappa shape index (κ1) is 9.88. The van der Waals surface area contributed by atoms with Crippen molar-refractivity contribution in [3.8, 4) is 0 Å². The average molecular weight is 198 g/mol. The van der Waals surface area contributed by atoms with Crippen LogP contribution in [0.5, 0.6) is 0 Å². The summed E-state index contributed by atoms with van der Waals surface area (Å²) in [6, 6.07) is 8.92. The molecule has 1 atom stereocenters. The Hall–Kier alpha value is -1.20. The molecule has 70 valence electrons. The van der Waals surface area contributed by atoms with Crippen molar-refractivity contribution in [2.45, 2.75) is 6.42 Å². The topological polar surface area (TPSA) is 69.2 Å². The number of carbonyl (C=O) groups excluding carboxylic acids is 1. The summed E-state index contributed by atoms with van der Waals surface area (Å²) in [6.45, 7) is 0. The van der Waals surface area contributed by atoms with Crippen LogP contribution < -0.4 is 4.72 Å². The van der Waals surface area contributed by atoms with Crippen molar-refractivity contribution in [2.24, 2.45) is 0 Å². The van der Waals surface area contributed by atoms with E-state index in [2.05, 4.69) is 0 Å². The lowest BCUT2D eigenvalue weighted by Crippen LogP contribution is -2.26. The Labute approximate surface area is 78.4 Å². The van der Waals surface area contributed by atoms with Crippen LogP contribution in [0.3, 0.4) is 0 Å². The summed E-state index contributed by atoms with van der Waals surface area (Å²) in [5.74, 6) is -0.528. The molecule has 0 aromatic heterocycles. The van der Waals surface area contributed by atoms with Crippen molar-refractivity contribution in [2.75, 3.05) is 0 Å². The van der Waals surface area contributed by atoms with Gasteiger partial charge < -0.3 is 4.55 Å². The van der Waals surface area contributed by atoms with Gasteiger partial charge in [-0.3, -0.25) is 13.7 Å². The molecule has 0 aliphatic heterocycles. The summed E-state index contributed by atoms with van der Waals surface area (Å²) >= 11 is -2.52. The van der Waals surface area contributed by atoms with Gasteiger partial charge in [-0.1, -0.05) is 30.3 Å². The molecule has 5 heteroatoms. The van der Waals surface area contributed by atoms with E-state index >= 15 is 0 Å². The highest BCUT2D eigenvalue weighted by Gasteiger charge is 2.01. The molecule has 1 rings (SSSR count). The molecule has 1 aromatic carbocycles. The first-order valence-electron chi connectivity index (χ1n) is 3.61. The van der Waals surface area contributed by atoms with Crippen molar-refractivity contribution in [3.05, 3.63) is 35.9 Å². The van der Waals surface area contributed by atoms with Crippen molar-refractivity contribution >= 4 is 17.2 Å². The Kier molecular flexibility index (Phi) is 3.60. The minimum atomic E-state index is -2.52. The highest BCUT2D eigenvalue weighted by atomic mass is 32.2. The van der Waals surface area contributed by atoms with Gasteiger partial charge in [-0.25, -0.2) is 0 Å². The zero-order valence-corrected chi connectivity index (χ0v) is 7.54. The maximum absolute atomic E-state index is 10.9. The summed E-state index contributed by atoms with van der Waals surface area (Å²) < 4.78 is 21.9. The normalized spacial score (nSPS) is 12.1. The Balaban J connectivity index is 2.50. The molecule has 1 N–H and O–H groups in total. The number of rotatable bonds is 3. The van der Waals surface area contributed by atoms with E-state index in [1.807, 2.05) is 6.07 Å². The van der Waals surface area contributed by atoms with Crippen LogP contribution in [0.15, 0.2) is 30.3 Å². The maximum Gasteiger partial charge on any atom is 0.235 e. The van der Waals surface area contributed by atoms with E-state index in [1.54, 1.807) is 29.0 Å². The summed E-state index contributed by atoms with van der Waals surface area (Å²) in [7, 11) is 0. The molecule has 0 spiro atoms. The van der Waals surface area contributed by atoms with E-state index in [0.717, 1.165) is 5.56 Å². The molecule has 1 unspecified atom stereocenters. The van der Waals surface area contributed by atoms with E-state index in [9.17, 15) is 13.6 Å². The summed E-state index contributed by atoms with van der Waals surface area (Å²) in [5.41, 5.74) is 0.783. The van der Waals surface area contributed by atoms with Gasteiger partial charge in [0.25, 0.3) is 0 Å². The van der Waals surface area contributed by atoms with Gasteiger partial charge in [-0.15, -0.1) is 0 Å². The van der Waals surface area contributed by atoms with Crippen LogP contribution in [-0.2, 0) is 22.5 Å². The van der Waals surface area contributed by atoms with Crippen molar-refractivity contribution in [3.63, 3.8) is 0 Å². The van der Waals surface area contributed by atoms with Crippen LogP contribution in [0, 0.1) is 0 Å². The van der Waals surface area contributed by atoms with E-state index in [0.29, 0.717) is 0 Å². The first-order valence-corrected chi connectivity index (χ1v) is 4.68. The molecule has 0 bridgehead atoms. The lowest BCUT2D eigenvalue weighted by atomic mass is 10.1. The molecule has 0 saturated carbocycles. The largest absolute Gasteiger partial charge is 0.755 e. The van der Waals surface area contributed by atoms with Gasteiger partial charge in [0, 0.05) is 11.3 Å². The summed E-state index contributed by atoms with van der Waals surface area (Å²) in [5, 5.41) is 0. The second-order valence-corrected chi connectivity index (χ2v) is 3.10. The number of amides is 1. The van der Waals surface area contributed by atoms with Gasteiger partial charge in [-0.2, -0.15) is 0 Å². The number of nitrogens with one attached hydrogen (secondary N) is 1. The zero-order chi connectivity index (χ0) is 9.68. The highest BCUT2D eigenvalue weighted by molar-refractivity contribution is 7.77. The Bertz CT molecular complexity index is 312. The second kappa shape index (κ2) is 4.74. The maximum atomic E-state index is 10.9. The van der Waals surface area contributed by atoms with E-state index in [-0.39, 0.29) is 6.42 Å². The minimum absolute atomic E-state index is 0.0782. The highest BCUT2D eigenvalue weighted by Crippen LogP contribution is 1.98. The third-order valence-corrected chi connectivity index (χ3v) is 1.80. The van der Waals surface area contributed by atoms with Crippen molar-refractivity contribution in [1.29, 1.82) is 0 Å². The Morgan fingerprint density at radius 1 is 1.38 bits per heavy atom. The molecule has 1 amide bonds. The molecule has 1 aromatic rings. The number of hydrogen-bond acceptors (Lipinski definition) is 3. The number of benzene rings is 1. The Morgan fingerprint density at radius 2 is 2.00 bits per heavy atom.